The number of benzene rings is 1. The Morgan fingerprint density at radius 1 is 1.17 bits per heavy atom. The zero-order valence-corrected chi connectivity index (χ0v) is 16.8. The summed E-state index contributed by atoms with van der Waals surface area (Å²) in [5.74, 6) is -1.57. The number of non-ortho nitro benzene ring substituents is 1. The van der Waals surface area contributed by atoms with Gasteiger partial charge in [-0.1, -0.05) is 12.8 Å². The van der Waals surface area contributed by atoms with Gasteiger partial charge in [-0.15, -0.1) is 11.3 Å². The number of thiophene rings is 1. The van der Waals surface area contributed by atoms with Crippen LogP contribution in [0.1, 0.15) is 48.5 Å². The molecule has 1 unspecified atom stereocenters. The van der Waals surface area contributed by atoms with Gasteiger partial charge in [0.2, 0.25) is 0 Å². The molecule has 1 aromatic carbocycles. The van der Waals surface area contributed by atoms with Crippen molar-refractivity contribution in [3.8, 4) is 0 Å². The fourth-order valence-corrected chi connectivity index (χ4v) is 4.80. The summed E-state index contributed by atoms with van der Waals surface area (Å²) in [6.45, 7) is 2.07. The lowest BCUT2D eigenvalue weighted by molar-refractivity contribution is -0.384. The van der Waals surface area contributed by atoms with E-state index in [0.717, 1.165) is 35.4 Å². The predicted molar refractivity (Wildman–Crippen MR) is 110 cm³/mol. The second kappa shape index (κ2) is 8.71. The van der Waals surface area contributed by atoms with Gasteiger partial charge in [0.25, 0.3) is 5.69 Å². The molecule has 1 fully saturated rings. The molecule has 3 N–H and O–H groups in total. The highest BCUT2D eigenvalue weighted by atomic mass is 32.1. The number of rotatable bonds is 6. The molecule has 0 aliphatic heterocycles. The number of hydrogen-bond donors (Lipinski definition) is 3. The lowest BCUT2D eigenvalue weighted by Gasteiger charge is -2.28. The second-order valence-electron chi connectivity index (χ2n) is 7.31. The van der Waals surface area contributed by atoms with Gasteiger partial charge in [-0.2, -0.15) is 0 Å². The predicted octanol–water partition coefficient (Wildman–Crippen LogP) is 3.28. The summed E-state index contributed by atoms with van der Waals surface area (Å²) in [5, 5.41) is 25.7. The van der Waals surface area contributed by atoms with Crippen LogP contribution in [-0.4, -0.2) is 28.4 Å². The van der Waals surface area contributed by atoms with E-state index in [0.29, 0.717) is 12.2 Å². The highest BCUT2D eigenvalue weighted by Crippen LogP contribution is 2.44. The Labute approximate surface area is 172 Å². The van der Waals surface area contributed by atoms with Crippen molar-refractivity contribution in [2.24, 2.45) is 0 Å². The van der Waals surface area contributed by atoms with E-state index in [1.165, 1.54) is 24.3 Å². The van der Waals surface area contributed by atoms with Gasteiger partial charge in [0, 0.05) is 39.5 Å². The zero-order chi connectivity index (χ0) is 21.0. The molecule has 29 heavy (non-hydrogen) atoms. The Morgan fingerprint density at radius 2 is 1.83 bits per heavy atom. The number of aliphatic hydroxyl groups is 1. The fraction of sp³-hybridized carbons (Fsp3) is 0.400. The summed E-state index contributed by atoms with van der Waals surface area (Å²) in [7, 11) is 0. The Bertz CT molecular complexity index is 901. The van der Waals surface area contributed by atoms with Gasteiger partial charge >= 0.3 is 11.8 Å². The van der Waals surface area contributed by atoms with Gasteiger partial charge in [-0.05, 0) is 44.0 Å². The van der Waals surface area contributed by atoms with Crippen LogP contribution < -0.4 is 10.6 Å². The average Bonchev–Trinajstić information content (AvgIpc) is 3.37. The molecule has 0 bridgehead atoms. The number of hydrogen-bond acceptors (Lipinski definition) is 6. The molecule has 154 valence electrons. The summed E-state index contributed by atoms with van der Waals surface area (Å²) < 4.78 is 0. The maximum Gasteiger partial charge on any atom is 0.313 e. The lowest BCUT2D eigenvalue weighted by atomic mass is 9.84. The van der Waals surface area contributed by atoms with E-state index < -0.39 is 22.8 Å². The summed E-state index contributed by atoms with van der Waals surface area (Å²) in [4.78, 5) is 36.6. The largest absolute Gasteiger partial charge is 0.388 e. The molecule has 2 amide bonds. The molecule has 1 atom stereocenters. The minimum atomic E-state index is -0.817. The zero-order valence-electron chi connectivity index (χ0n) is 16.0. The summed E-state index contributed by atoms with van der Waals surface area (Å²) in [6, 6.07) is 9.19. The van der Waals surface area contributed by atoms with Crippen LogP contribution in [-0.2, 0) is 15.0 Å². The molecule has 1 aromatic heterocycles. The van der Waals surface area contributed by atoms with Gasteiger partial charge < -0.3 is 15.7 Å². The minimum Gasteiger partial charge on any atom is -0.388 e. The van der Waals surface area contributed by atoms with Crippen molar-refractivity contribution in [2.75, 3.05) is 11.9 Å². The maximum atomic E-state index is 12.3. The number of nitrogens with zero attached hydrogens (tertiary/aromatic N) is 1. The van der Waals surface area contributed by atoms with E-state index in [1.54, 1.807) is 18.3 Å². The van der Waals surface area contributed by atoms with Crippen molar-refractivity contribution < 1.29 is 19.6 Å². The normalized spacial score (nSPS) is 16.2. The van der Waals surface area contributed by atoms with E-state index >= 15 is 0 Å². The highest BCUT2D eigenvalue weighted by Gasteiger charge is 2.37. The van der Waals surface area contributed by atoms with Crippen molar-refractivity contribution in [1.29, 1.82) is 0 Å². The first-order valence-corrected chi connectivity index (χ1v) is 10.2. The maximum absolute atomic E-state index is 12.3. The number of carbonyl (C=O) groups is 2. The average molecular weight is 417 g/mol. The molecule has 2 aromatic rings. The number of nitro benzene ring substituents is 1. The van der Waals surface area contributed by atoms with E-state index in [1.807, 2.05) is 12.1 Å². The molecule has 0 saturated heterocycles. The highest BCUT2D eigenvalue weighted by molar-refractivity contribution is 7.12. The van der Waals surface area contributed by atoms with Gasteiger partial charge in [0.1, 0.15) is 0 Å². The van der Waals surface area contributed by atoms with E-state index in [2.05, 4.69) is 10.6 Å². The fourth-order valence-electron chi connectivity index (χ4n) is 3.61. The van der Waals surface area contributed by atoms with Crippen molar-refractivity contribution in [2.45, 2.75) is 44.1 Å². The third-order valence-electron chi connectivity index (χ3n) is 5.25. The van der Waals surface area contributed by atoms with Crippen LogP contribution in [0.5, 0.6) is 0 Å². The third kappa shape index (κ3) is 4.80. The van der Waals surface area contributed by atoms with E-state index in [9.17, 15) is 24.8 Å². The molecular formula is C20H23N3O5S. The van der Waals surface area contributed by atoms with Crippen molar-refractivity contribution in [3.05, 3.63) is 56.3 Å². The molecule has 0 radical (unpaired) electrons. The minimum absolute atomic E-state index is 0.0943. The number of nitro groups is 1. The van der Waals surface area contributed by atoms with Gasteiger partial charge in [0.15, 0.2) is 0 Å². The first-order chi connectivity index (χ1) is 13.8. The van der Waals surface area contributed by atoms with Crippen LogP contribution in [0.4, 0.5) is 11.4 Å². The number of nitrogens with one attached hydrogen (secondary N) is 2. The van der Waals surface area contributed by atoms with Gasteiger partial charge in [0.05, 0.1) is 11.0 Å². The number of amides is 2. The summed E-state index contributed by atoms with van der Waals surface area (Å²) >= 11 is 1.55. The molecular weight excluding hydrogens is 394 g/mol. The molecule has 1 aliphatic carbocycles. The third-order valence-corrected chi connectivity index (χ3v) is 6.75. The van der Waals surface area contributed by atoms with Crippen LogP contribution in [0.15, 0.2) is 36.4 Å². The Kier molecular flexibility index (Phi) is 6.29. The van der Waals surface area contributed by atoms with Crippen LogP contribution in [0, 0.1) is 10.1 Å². The van der Waals surface area contributed by atoms with Crippen molar-refractivity contribution in [3.63, 3.8) is 0 Å². The first kappa shape index (κ1) is 20.9. The van der Waals surface area contributed by atoms with Gasteiger partial charge in [-0.3, -0.25) is 19.7 Å². The SMILES string of the molecule is CC(O)c1ccc(C2(CNC(=O)C(=O)Nc3ccc([N+](=O)[O-])cc3)CCCC2)s1. The topological polar surface area (TPSA) is 122 Å². The summed E-state index contributed by atoms with van der Waals surface area (Å²) in [5.41, 5.74) is -0.00418. The lowest BCUT2D eigenvalue weighted by Crippen LogP contribution is -2.43. The number of aliphatic hydroxyl groups excluding tert-OH is 1. The van der Waals surface area contributed by atoms with E-state index in [4.69, 9.17) is 0 Å². The number of carbonyl (C=O) groups excluding carboxylic acids is 2. The Balaban J connectivity index is 1.62. The number of anilines is 1. The van der Waals surface area contributed by atoms with Crippen molar-refractivity contribution in [1.82, 2.24) is 5.32 Å². The first-order valence-electron chi connectivity index (χ1n) is 9.43. The molecule has 1 saturated carbocycles. The molecule has 1 heterocycles. The monoisotopic (exact) mass is 417 g/mol. The van der Waals surface area contributed by atoms with Crippen LogP contribution >= 0.6 is 11.3 Å². The molecule has 3 rings (SSSR count). The Morgan fingerprint density at radius 3 is 2.38 bits per heavy atom. The smallest absolute Gasteiger partial charge is 0.313 e. The van der Waals surface area contributed by atoms with Crippen molar-refractivity contribution >= 4 is 34.5 Å². The quantitative estimate of drug-likeness (QED) is 0.378. The summed E-state index contributed by atoms with van der Waals surface area (Å²) in [6.07, 6.45) is 3.39. The molecule has 9 heteroatoms. The Hall–Kier alpha value is -2.78. The molecule has 1 aliphatic rings. The van der Waals surface area contributed by atoms with Crippen LogP contribution in [0.25, 0.3) is 0 Å². The van der Waals surface area contributed by atoms with Crippen LogP contribution in [0.2, 0.25) is 0 Å². The molecule has 8 nitrogen and oxygen atoms in total. The standard InChI is InChI=1S/C20H23N3O5S/c1-13(24)16-8-9-17(29-16)20(10-2-3-11-20)12-21-18(25)19(26)22-14-4-6-15(7-5-14)23(27)28/h4-9,13,24H,2-3,10-12H2,1H3,(H,21,25)(H,22,26). The van der Waals surface area contributed by atoms with Crippen LogP contribution in [0.3, 0.4) is 0 Å². The van der Waals surface area contributed by atoms with Gasteiger partial charge in [-0.25, -0.2) is 0 Å². The van der Waals surface area contributed by atoms with E-state index in [-0.39, 0.29) is 11.1 Å². The second-order valence-corrected chi connectivity index (χ2v) is 8.42. The molecule has 0 spiro atoms.